The molecule has 3 rings (SSSR count). The molecule has 0 bridgehead atoms. The molecule has 0 radical (unpaired) electrons. The Hall–Kier alpha value is -2.69. The SMILES string of the molecule is Cc1nn(C)c(Oc2ccc3cccnc3c2)c1C=O. The van der Waals surface area contributed by atoms with E-state index in [1.165, 1.54) is 0 Å². The van der Waals surface area contributed by atoms with Crippen molar-refractivity contribution in [3.8, 4) is 11.6 Å². The Morgan fingerprint density at radius 2 is 2.15 bits per heavy atom. The molecule has 0 N–H and O–H groups in total. The normalized spacial score (nSPS) is 10.7. The van der Waals surface area contributed by atoms with E-state index in [1.807, 2.05) is 30.3 Å². The van der Waals surface area contributed by atoms with Gasteiger partial charge in [-0.25, -0.2) is 4.68 Å². The van der Waals surface area contributed by atoms with Crippen LogP contribution in [0.4, 0.5) is 0 Å². The van der Waals surface area contributed by atoms with Crippen LogP contribution in [-0.2, 0) is 7.05 Å². The molecular weight excluding hydrogens is 254 g/mol. The highest BCUT2D eigenvalue weighted by atomic mass is 16.5. The number of fused-ring (bicyclic) bond motifs is 1. The van der Waals surface area contributed by atoms with Crippen LogP contribution < -0.4 is 4.74 Å². The largest absolute Gasteiger partial charge is 0.438 e. The van der Waals surface area contributed by atoms with Crippen LogP contribution in [0.2, 0.25) is 0 Å². The lowest BCUT2D eigenvalue weighted by atomic mass is 10.2. The maximum Gasteiger partial charge on any atom is 0.228 e. The third kappa shape index (κ3) is 2.03. The summed E-state index contributed by atoms with van der Waals surface area (Å²) in [5, 5.41) is 5.22. The summed E-state index contributed by atoms with van der Waals surface area (Å²) < 4.78 is 7.35. The Balaban J connectivity index is 2.03. The third-order valence-corrected chi connectivity index (χ3v) is 3.12. The van der Waals surface area contributed by atoms with E-state index in [9.17, 15) is 4.79 Å². The number of aldehydes is 1. The van der Waals surface area contributed by atoms with Gasteiger partial charge >= 0.3 is 0 Å². The van der Waals surface area contributed by atoms with E-state index < -0.39 is 0 Å². The first-order chi connectivity index (χ1) is 9.69. The number of carbonyl (C=O) groups excluding carboxylic acids is 1. The molecule has 0 saturated heterocycles. The molecule has 5 heteroatoms. The lowest BCUT2D eigenvalue weighted by molar-refractivity contribution is 0.112. The molecule has 0 atom stereocenters. The molecule has 2 aromatic heterocycles. The van der Waals surface area contributed by atoms with Crippen LogP contribution in [0.25, 0.3) is 10.9 Å². The van der Waals surface area contributed by atoms with Crippen LogP contribution in [0.1, 0.15) is 16.1 Å². The fourth-order valence-corrected chi connectivity index (χ4v) is 2.13. The molecule has 20 heavy (non-hydrogen) atoms. The van der Waals surface area contributed by atoms with Gasteiger partial charge in [0.15, 0.2) is 6.29 Å². The van der Waals surface area contributed by atoms with Crippen LogP contribution in [0.5, 0.6) is 11.6 Å². The van der Waals surface area contributed by atoms with Gasteiger partial charge in [-0.3, -0.25) is 9.78 Å². The van der Waals surface area contributed by atoms with E-state index in [4.69, 9.17) is 4.74 Å². The first-order valence-corrected chi connectivity index (χ1v) is 6.20. The fraction of sp³-hybridized carbons (Fsp3) is 0.133. The summed E-state index contributed by atoms with van der Waals surface area (Å²) in [6.07, 6.45) is 2.49. The number of carbonyl (C=O) groups is 1. The lowest BCUT2D eigenvalue weighted by Gasteiger charge is -2.07. The van der Waals surface area contributed by atoms with Gasteiger partial charge in [-0.05, 0) is 25.1 Å². The van der Waals surface area contributed by atoms with Gasteiger partial charge in [0.2, 0.25) is 5.88 Å². The number of hydrogen-bond acceptors (Lipinski definition) is 4. The molecule has 0 spiro atoms. The van der Waals surface area contributed by atoms with Gasteiger partial charge < -0.3 is 4.74 Å². The summed E-state index contributed by atoms with van der Waals surface area (Å²) in [4.78, 5) is 15.4. The summed E-state index contributed by atoms with van der Waals surface area (Å²) in [6, 6.07) is 9.49. The maximum absolute atomic E-state index is 11.1. The number of hydrogen-bond donors (Lipinski definition) is 0. The number of ether oxygens (including phenoxy) is 1. The summed E-state index contributed by atoms with van der Waals surface area (Å²) in [7, 11) is 1.74. The Bertz CT molecular complexity index is 793. The predicted molar refractivity (Wildman–Crippen MR) is 75.1 cm³/mol. The molecule has 100 valence electrons. The molecule has 0 aliphatic rings. The van der Waals surface area contributed by atoms with Crippen molar-refractivity contribution in [2.75, 3.05) is 0 Å². The number of aryl methyl sites for hydroxylation is 2. The van der Waals surface area contributed by atoms with Crippen LogP contribution >= 0.6 is 0 Å². The first-order valence-electron chi connectivity index (χ1n) is 6.20. The first kappa shape index (κ1) is 12.3. The van der Waals surface area contributed by atoms with Gasteiger partial charge in [0.1, 0.15) is 5.75 Å². The van der Waals surface area contributed by atoms with Crippen LogP contribution in [0, 0.1) is 6.92 Å². The highest BCUT2D eigenvalue weighted by molar-refractivity contribution is 5.81. The summed E-state index contributed by atoms with van der Waals surface area (Å²) >= 11 is 0. The van der Waals surface area contributed by atoms with Crippen molar-refractivity contribution in [1.29, 1.82) is 0 Å². The Kier molecular flexibility index (Phi) is 2.95. The average Bonchev–Trinajstić information content (AvgIpc) is 2.72. The van der Waals surface area contributed by atoms with Gasteiger partial charge in [-0.1, -0.05) is 6.07 Å². The number of rotatable bonds is 3. The van der Waals surface area contributed by atoms with Gasteiger partial charge in [0.25, 0.3) is 0 Å². The second kappa shape index (κ2) is 4.77. The minimum absolute atomic E-state index is 0.438. The molecule has 2 heterocycles. The average molecular weight is 267 g/mol. The monoisotopic (exact) mass is 267 g/mol. The van der Waals surface area contributed by atoms with Crippen LogP contribution in [0.15, 0.2) is 36.5 Å². The van der Waals surface area contributed by atoms with E-state index in [-0.39, 0.29) is 0 Å². The van der Waals surface area contributed by atoms with Crippen molar-refractivity contribution in [2.45, 2.75) is 6.92 Å². The second-order valence-corrected chi connectivity index (χ2v) is 4.51. The van der Waals surface area contributed by atoms with Crippen molar-refractivity contribution in [1.82, 2.24) is 14.8 Å². The molecular formula is C15H13N3O2. The van der Waals surface area contributed by atoms with Crippen LogP contribution in [0.3, 0.4) is 0 Å². The quantitative estimate of drug-likeness (QED) is 0.685. The summed E-state index contributed by atoms with van der Waals surface area (Å²) in [5.74, 6) is 1.06. The third-order valence-electron chi connectivity index (χ3n) is 3.12. The van der Waals surface area contributed by atoms with E-state index in [1.54, 1.807) is 24.9 Å². The summed E-state index contributed by atoms with van der Waals surface area (Å²) in [6.45, 7) is 1.78. The second-order valence-electron chi connectivity index (χ2n) is 4.51. The number of benzene rings is 1. The molecule has 0 aliphatic heterocycles. The topological polar surface area (TPSA) is 57.0 Å². The van der Waals surface area contributed by atoms with Crippen molar-refractivity contribution >= 4 is 17.2 Å². The number of pyridine rings is 1. The molecule has 0 fully saturated rings. The molecule has 0 amide bonds. The minimum Gasteiger partial charge on any atom is -0.438 e. The van der Waals surface area contributed by atoms with Crippen molar-refractivity contribution < 1.29 is 9.53 Å². The van der Waals surface area contributed by atoms with E-state index in [0.717, 1.165) is 17.2 Å². The summed E-state index contributed by atoms with van der Waals surface area (Å²) in [5.41, 5.74) is 1.96. The molecule has 0 unspecified atom stereocenters. The number of nitrogens with zero attached hydrogens (tertiary/aromatic N) is 3. The van der Waals surface area contributed by atoms with Gasteiger partial charge in [0, 0.05) is 24.7 Å². The van der Waals surface area contributed by atoms with Gasteiger partial charge in [0.05, 0.1) is 16.8 Å². The standard InChI is InChI=1S/C15H13N3O2/c1-10-13(9-19)15(18(2)17-10)20-12-6-5-11-4-3-7-16-14(11)8-12/h3-9H,1-2H3. The Labute approximate surface area is 115 Å². The zero-order chi connectivity index (χ0) is 14.1. The van der Waals surface area contributed by atoms with E-state index >= 15 is 0 Å². The molecule has 0 aliphatic carbocycles. The van der Waals surface area contributed by atoms with E-state index in [0.29, 0.717) is 22.9 Å². The lowest BCUT2D eigenvalue weighted by Crippen LogP contribution is -1.96. The molecule has 5 nitrogen and oxygen atoms in total. The maximum atomic E-state index is 11.1. The molecule has 3 aromatic rings. The van der Waals surface area contributed by atoms with Crippen molar-refractivity contribution in [3.63, 3.8) is 0 Å². The van der Waals surface area contributed by atoms with Crippen LogP contribution in [-0.4, -0.2) is 21.1 Å². The highest BCUT2D eigenvalue weighted by Crippen LogP contribution is 2.27. The van der Waals surface area contributed by atoms with Crippen molar-refractivity contribution in [2.24, 2.45) is 7.05 Å². The zero-order valence-corrected chi connectivity index (χ0v) is 11.2. The Morgan fingerprint density at radius 1 is 1.30 bits per heavy atom. The zero-order valence-electron chi connectivity index (χ0n) is 11.2. The molecule has 1 aromatic carbocycles. The van der Waals surface area contributed by atoms with Gasteiger partial charge in [-0.15, -0.1) is 0 Å². The minimum atomic E-state index is 0.438. The fourth-order valence-electron chi connectivity index (χ4n) is 2.13. The predicted octanol–water partition coefficient (Wildman–Crippen LogP) is 2.88. The van der Waals surface area contributed by atoms with Gasteiger partial charge in [-0.2, -0.15) is 5.10 Å². The highest BCUT2D eigenvalue weighted by Gasteiger charge is 2.14. The van der Waals surface area contributed by atoms with E-state index in [2.05, 4.69) is 10.1 Å². The number of aromatic nitrogens is 3. The Morgan fingerprint density at radius 3 is 2.95 bits per heavy atom. The smallest absolute Gasteiger partial charge is 0.228 e. The molecule has 0 saturated carbocycles. The van der Waals surface area contributed by atoms with Crippen molar-refractivity contribution in [3.05, 3.63) is 47.8 Å².